The molecule has 0 amide bonds. The fraction of sp³-hybridized carbons (Fsp3) is 0.250. The van der Waals surface area contributed by atoms with Gasteiger partial charge in [-0.3, -0.25) is 0 Å². The van der Waals surface area contributed by atoms with Gasteiger partial charge in [0.2, 0.25) is 0 Å². The van der Waals surface area contributed by atoms with Gasteiger partial charge in [0, 0.05) is 17.3 Å². The van der Waals surface area contributed by atoms with Gasteiger partial charge in [-0.1, -0.05) is 39.8 Å². The fourth-order valence-electron chi connectivity index (χ4n) is 3.54. The van der Waals surface area contributed by atoms with Crippen molar-refractivity contribution in [1.29, 1.82) is 5.26 Å². The predicted octanol–water partition coefficient (Wildman–Crippen LogP) is 7.39. The molecule has 190 valence electrons. The zero-order valence-electron chi connectivity index (χ0n) is 20.5. The zero-order valence-corrected chi connectivity index (χ0v) is 20.5. The Labute approximate surface area is 208 Å². The molecule has 2 N–H and O–H groups in total. The third-order valence-corrected chi connectivity index (χ3v) is 5.07. The van der Waals surface area contributed by atoms with Gasteiger partial charge in [-0.05, 0) is 60.2 Å². The van der Waals surface area contributed by atoms with E-state index in [1.165, 1.54) is 6.07 Å². The lowest BCUT2D eigenvalue weighted by atomic mass is 10.1. The maximum atomic E-state index is 13.0. The van der Waals surface area contributed by atoms with Crippen LogP contribution in [0.5, 0.6) is 11.5 Å². The molecule has 0 spiro atoms. The largest absolute Gasteiger partial charge is 0.457 e. The third-order valence-electron chi connectivity index (χ3n) is 5.07. The van der Waals surface area contributed by atoms with Crippen LogP contribution in [0.1, 0.15) is 50.5 Å². The van der Waals surface area contributed by atoms with E-state index in [9.17, 15) is 23.4 Å². The second-order valence-electron chi connectivity index (χ2n) is 7.08. The van der Waals surface area contributed by atoms with E-state index in [1.54, 1.807) is 42.5 Å². The Balaban J connectivity index is 0.00000109. The highest BCUT2D eigenvalue weighted by atomic mass is 19.4. The molecule has 4 rings (SSSR count). The maximum absolute atomic E-state index is 13.0. The van der Waals surface area contributed by atoms with E-state index in [1.807, 2.05) is 50.6 Å². The molecular formula is C28H29F3N2O3. The number of benzene rings is 3. The Bertz CT molecular complexity index is 1310. The van der Waals surface area contributed by atoms with Gasteiger partial charge in [-0.15, -0.1) is 0 Å². The number of aliphatic hydroxyl groups excluding tert-OH is 2. The predicted molar refractivity (Wildman–Crippen MR) is 134 cm³/mol. The van der Waals surface area contributed by atoms with E-state index >= 15 is 0 Å². The van der Waals surface area contributed by atoms with Crippen LogP contribution in [0.3, 0.4) is 0 Å². The standard InChI is InChI=1S/C24H17F3N2O3.2C2H6/c25-24(26,27)21-9-8-18(12-15(21)13-28)32-17-6-4-16(5-7-17)29-11-10-19-20(23(31)14-30)2-1-3-22(19)29;2*1-2/h1-12,23,30-31H,14H2;2*1-2H3. The van der Waals surface area contributed by atoms with E-state index in [0.717, 1.165) is 28.7 Å². The van der Waals surface area contributed by atoms with Gasteiger partial charge < -0.3 is 19.5 Å². The van der Waals surface area contributed by atoms with Crippen molar-refractivity contribution in [2.45, 2.75) is 40.0 Å². The molecule has 1 aromatic heterocycles. The molecule has 8 heteroatoms. The van der Waals surface area contributed by atoms with Crippen LogP contribution in [0.25, 0.3) is 16.6 Å². The molecule has 1 atom stereocenters. The minimum absolute atomic E-state index is 0.122. The number of nitrogens with zero attached hydrogens (tertiary/aromatic N) is 2. The minimum atomic E-state index is -4.61. The van der Waals surface area contributed by atoms with Crippen molar-refractivity contribution < 1.29 is 28.1 Å². The first-order valence-electron chi connectivity index (χ1n) is 11.6. The number of alkyl halides is 3. The van der Waals surface area contributed by atoms with Crippen LogP contribution in [0.2, 0.25) is 0 Å². The summed E-state index contributed by atoms with van der Waals surface area (Å²) in [6, 6.07) is 18.8. The van der Waals surface area contributed by atoms with Crippen LogP contribution >= 0.6 is 0 Å². The number of aliphatic hydroxyl groups is 2. The Hall–Kier alpha value is -3.80. The molecule has 0 saturated carbocycles. The van der Waals surface area contributed by atoms with Crippen molar-refractivity contribution >= 4 is 10.9 Å². The molecule has 3 aromatic carbocycles. The minimum Gasteiger partial charge on any atom is -0.457 e. The summed E-state index contributed by atoms with van der Waals surface area (Å²) in [5.41, 5.74) is 0.747. The topological polar surface area (TPSA) is 78.4 Å². The van der Waals surface area contributed by atoms with Gasteiger partial charge >= 0.3 is 6.18 Å². The van der Waals surface area contributed by atoms with E-state index in [4.69, 9.17) is 10.00 Å². The van der Waals surface area contributed by atoms with Crippen molar-refractivity contribution in [2.75, 3.05) is 6.61 Å². The van der Waals surface area contributed by atoms with Crippen LogP contribution in [0.4, 0.5) is 13.2 Å². The number of fused-ring (bicyclic) bond motifs is 1. The summed E-state index contributed by atoms with van der Waals surface area (Å²) in [6.45, 7) is 7.62. The maximum Gasteiger partial charge on any atom is 0.417 e. The number of aromatic nitrogens is 1. The summed E-state index contributed by atoms with van der Waals surface area (Å²) < 4.78 is 46.4. The molecule has 0 aliphatic heterocycles. The van der Waals surface area contributed by atoms with Crippen LogP contribution < -0.4 is 4.74 Å². The molecule has 0 fully saturated rings. The summed E-state index contributed by atoms with van der Waals surface area (Å²) in [6.07, 6.45) is -3.76. The highest BCUT2D eigenvalue weighted by Gasteiger charge is 2.33. The number of ether oxygens (including phenoxy) is 1. The Morgan fingerprint density at radius 3 is 2.17 bits per heavy atom. The fourth-order valence-corrected chi connectivity index (χ4v) is 3.54. The second kappa shape index (κ2) is 12.8. The first kappa shape index (κ1) is 28.4. The van der Waals surface area contributed by atoms with Crippen LogP contribution in [-0.4, -0.2) is 21.4 Å². The van der Waals surface area contributed by atoms with Crippen molar-refractivity contribution in [3.8, 4) is 23.3 Å². The van der Waals surface area contributed by atoms with Crippen molar-refractivity contribution in [1.82, 2.24) is 4.57 Å². The lowest BCUT2D eigenvalue weighted by Crippen LogP contribution is -2.07. The number of hydrogen-bond acceptors (Lipinski definition) is 4. The van der Waals surface area contributed by atoms with Crippen molar-refractivity contribution in [3.63, 3.8) is 0 Å². The van der Waals surface area contributed by atoms with E-state index in [0.29, 0.717) is 11.3 Å². The van der Waals surface area contributed by atoms with Crippen LogP contribution in [0, 0.1) is 11.3 Å². The SMILES string of the molecule is CC.CC.N#Cc1cc(Oc2ccc(-n3ccc4c(C(O)CO)cccc43)cc2)ccc1C(F)(F)F. The second-order valence-corrected chi connectivity index (χ2v) is 7.08. The number of halogens is 3. The molecule has 0 aliphatic carbocycles. The van der Waals surface area contributed by atoms with Crippen LogP contribution in [0.15, 0.2) is 72.9 Å². The quantitative estimate of drug-likeness (QED) is 0.301. The third kappa shape index (κ3) is 6.25. The highest BCUT2D eigenvalue weighted by molar-refractivity contribution is 5.85. The lowest BCUT2D eigenvalue weighted by molar-refractivity contribution is -0.137. The normalized spacial score (nSPS) is 11.4. The van der Waals surface area contributed by atoms with Gasteiger partial charge in [0.15, 0.2) is 0 Å². The molecule has 0 bridgehead atoms. The first-order chi connectivity index (χ1) is 17.3. The van der Waals surface area contributed by atoms with Gasteiger partial charge in [0.25, 0.3) is 0 Å². The Morgan fingerprint density at radius 1 is 0.944 bits per heavy atom. The average molecular weight is 499 g/mol. The van der Waals surface area contributed by atoms with Crippen LogP contribution in [-0.2, 0) is 6.18 Å². The Kier molecular flexibility index (Phi) is 10.1. The first-order valence-corrected chi connectivity index (χ1v) is 11.6. The van der Waals surface area contributed by atoms with Gasteiger partial charge in [0.1, 0.15) is 17.6 Å². The number of hydrogen-bond donors (Lipinski definition) is 2. The molecular weight excluding hydrogens is 469 g/mol. The monoisotopic (exact) mass is 498 g/mol. The molecule has 0 aliphatic rings. The average Bonchev–Trinajstić information content (AvgIpc) is 3.34. The summed E-state index contributed by atoms with van der Waals surface area (Å²) in [7, 11) is 0. The molecule has 4 aromatic rings. The molecule has 1 unspecified atom stereocenters. The zero-order chi connectivity index (χ0) is 26.9. The molecule has 0 saturated heterocycles. The molecule has 1 heterocycles. The van der Waals surface area contributed by atoms with Crippen molar-refractivity contribution in [2.24, 2.45) is 0 Å². The highest BCUT2D eigenvalue weighted by Crippen LogP contribution is 2.35. The summed E-state index contributed by atoms with van der Waals surface area (Å²) in [5, 5.41) is 29.1. The van der Waals surface area contributed by atoms with Crippen molar-refractivity contribution in [3.05, 3.63) is 89.6 Å². The smallest absolute Gasteiger partial charge is 0.417 e. The number of rotatable bonds is 5. The molecule has 5 nitrogen and oxygen atoms in total. The van der Waals surface area contributed by atoms with E-state index < -0.39 is 23.4 Å². The van der Waals surface area contributed by atoms with Gasteiger partial charge in [-0.25, -0.2) is 0 Å². The summed E-state index contributed by atoms with van der Waals surface area (Å²) in [4.78, 5) is 0. The Morgan fingerprint density at radius 2 is 1.58 bits per heavy atom. The van der Waals surface area contributed by atoms with Gasteiger partial charge in [0.05, 0.1) is 29.3 Å². The van der Waals surface area contributed by atoms with Gasteiger partial charge in [-0.2, -0.15) is 18.4 Å². The van der Waals surface area contributed by atoms with E-state index in [-0.39, 0.29) is 12.4 Å². The molecule has 36 heavy (non-hydrogen) atoms. The summed E-state index contributed by atoms with van der Waals surface area (Å²) in [5.74, 6) is 0.515. The summed E-state index contributed by atoms with van der Waals surface area (Å²) >= 11 is 0. The lowest BCUT2D eigenvalue weighted by Gasteiger charge is -2.12. The molecule has 0 radical (unpaired) electrons. The van der Waals surface area contributed by atoms with E-state index in [2.05, 4.69) is 0 Å². The number of nitriles is 1.